The molecule has 5 N–H and O–H groups in total. The maximum Gasteiger partial charge on any atom is 0.408 e. The molecule has 0 saturated heterocycles. The largest absolute Gasteiger partial charge is 0.508 e. The van der Waals surface area contributed by atoms with Crippen LogP contribution in [0.5, 0.6) is 5.75 Å². The lowest BCUT2D eigenvalue weighted by Crippen LogP contribution is -2.54. The highest BCUT2D eigenvalue weighted by molar-refractivity contribution is 5.95. The molecule has 190 valence electrons. The van der Waals surface area contributed by atoms with E-state index in [2.05, 4.69) is 15.4 Å². The number of nitriles is 1. The zero-order valence-corrected chi connectivity index (χ0v) is 19.9. The number of primary amides is 1. The zero-order valence-electron chi connectivity index (χ0n) is 19.9. The van der Waals surface area contributed by atoms with Crippen molar-refractivity contribution >= 4 is 29.8 Å². The van der Waals surface area contributed by atoms with E-state index < -0.39 is 67.0 Å². The van der Waals surface area contributed by atoms with E-state index in [0.717, 1.165) is 12.0 Å². The monoisotopic (exact) mass is 491 g/mol. The number of hydrogen-bond acceptors (Lipinski definition) is 9. The van der Waals surface area contributed by atoms with E-state index in [9.17, 15) is 34.3 Å². The number of phenolic OH excluding ortho intramolecular Hbond substituents is 1. The van der Waals surface area contributed by atoms with Crippen LogP contribution in [0.15, 0.2) is 24.3 Å². The van der Waals surface area contributed by atoms with Crippen LogP contribution >= 0.6 is 0 Å². The van der Waals surface area contributed by atoms with Crippen LogP contribution < -0.4 is 16.4 Å². The maximum absolute atomic E-state index is 13.4. The van der Waals surface area contributed by atoms with E-state index >= 15 is 0 Å². The molecule has 4 amide bonds. The molecular formula is C22H29N5O8. The third-order valence-electron chi connectivity index (χ3n) is 4.30. The van der Waals surface area contributed by atoms with Crippen molar-refractivity contribution in [3.05, 3.63) is 29.8 Å². The normalized spacial score (nSPS) is 12.3. The van der Waals surface area contributed by atoms with Gasteiger partial charge < -0.3 is 35.8 Å². The lowest BCUT2D eigenvalue weighted by molar-refractivity contribution is -0.144. The number of rotatable bonds is 10. The van der Waals surface area contributed by atoms with Gasteiger partial charge in [-0.1, -0.05) is 12.1 Å². The summed E-state index contributed by atoms with van der Waals surface area (Å²) in [7, 11) is 1.11. The highest BCUT2D eigenvalue weighted by atomic mass is 16.6. The van der Waals surface area contributed by atoms with Gasteiger partial charge in [-0.25, -0.2) is 4.79 Å². The number of nitrogens with two attached hydrogens (primary N) is 1. The molecule has 13 heteroatoms. The molecule has 0 aliphatic carbocycles. The average Bonchev–Trinajstić information content (AvgIpc) is 2.74. The van der Waals surface area contributed by atoms with Crippen molar-refractivity contribution in [1.82, 2.24) is 15.5 Å². The minimum Gasteiger partial charge on any atom is -0.508 e. The quantitative estimate of drug-likeness (QED) is 0.253. The summed E-state index contributed by atoms with van der Waals surface area (Å²) in [6, 6.07) is 3.96. The van der Waals surface area contributed by atoms with E-state index in [1.807, 2.05) is 0 Å². The first kappa shape index (κ1) is 28.7. The molecule has 0 fully saturated rings. The summed E-state index contributed by atoms with van der Waals surface area (Å²) in [6.07, 6.45) is -1.69. The summed E-state index contributed by atoms with van der Waals surface area (Å²) >= 11 is 0. The van der Waals surface area contributed by atoms with Gasteiger partial charge in [0.15, 0.2) is 0 Å². The van der Waals surface area contributed by atoms with Crippen LogP contribution in [0.25, 0.3) is 0 Å². The molecule has 0 aliphatic heterocycles. The fourth-order valence-corrected chi connectivity index (χ4v) is 2.92. The molecule has 0 bridgehead atoms. The van der Waals surface area contributed by atoms with Gasteiger partial charge in [0.1, 0.15) is 36.5 Å². The number of carbonyl (C=O) groups is 5. The minimum absolute atomic E-state index is 0.0889. The number of nitrogens with zero attached hydrogens (tertiary/aromatic N) is 2. The van der Waals surface area contributed by atoms with Crippen molar-refractivity contribution in [3.63, 3.8) is 0 Å². The Bertz CT molecular complexity index is 998. The second kappa shape index (κ2) is 12.8. The molecule has 2 atom stereocenters. The lowest BCUT2D eigenvalue weighted by atomic mass is 10.0. The van der Waals surface area contributed by atoms with Crippen LogP contribution in [0.1, 0.15) is 38.8 Å². The highest BCUT2D eigenvalue weighted by Crippen LogP contribution is 2.25. The first-order valence-corrected chi connectivity index (χ1v) is 10.4. The SMILES string of the molecule is COC(=O)CNC(=O)C(c1cccc(O)c1)N(CC#N)C(=O)C(CC(N)=O)NC(=O)OC(C)(C)C. The maximum atomic E-state index is 13.4. The van der Waals surface area contributed by atoms with Crippen molar-refractivity contribution in [2.45, 2.75) is 44.9 Å². The van der Waals surface area contributed by atoms with Gasteiger partial charge in [-0.15, -0.1) is 0 Å². The first-order valence-electron chi connectivity index (χ1n) is 10.4. The third-order valence-corrected chi connectivity index (χ3v) is 4.30. The predicted molar refractivity (Wildman–Crippen MR) is 120 cm³/mol. The van der Waals surface area contributed by atoms with Gasteiger partial charge in [0, 0.05) is 0 Å². The van der Waals surface area contributed by atoms with E-state index in [1.165, 1.54) is 24.3 Å². The number of amides is 4. The third kappa shape index (κ3) is 9.58. The van der Waals surface area contributed by atoms with Crippen LogP contribution in [0.3, 0.4) is 0 Å². The number of benzene rings is 1. The number of esters is 1. The molecule has 0 radical (unpaired) electrons. The van der Waals surface area contributed by atoms with Crippen molar-refractivity contribution in [2.75, 3.05) is 20.2 Å². The number of aromatic hydroxyl groups is 1. The van der Waals surface area contributed by atoms with Crippen molar-refractivity contribution < 1.29 is 38.6 Å². The van der Waals surface area contributed by atoms with Crippen LogP contribution in [0.4, 0.5) is 4.79 Å². The number of phenols is 1. The number of hydrogen-bond donors (Lipinski definition) is 4. The second-order valence-corrected chi connectivity index (χ2v) is 8.28. The van der Waals surface area contributed by atoms with E-state index in [0.29, 0.717) is 0 Å². The van der Waals surface area contributed by atoms with E-state index in [4.69, 9.17) is 10.5 Å². The Hall–Kier alpha value is -4.34. The summed E-state index contributed by atoms with van der Waals surface area (Å²) in [5, 5.41) is 23.8. The molecule has 2 unspecified atom stereocenters. The topological polar surface area (TPSA) is 201 Å². The molecule has 13 nitrogen and oxygen atoms in total. The summed E-state index contributed by atoms with van der Waals surface area (Å²) in [5.74, 6) is -3.85. The number of nitrogens with one attached hydrogen (secondary N) is 2. The summed E-state index contributed by atoms with van der Waals surface area (Å²) in [5.41, 5.74) is 4.41. The minimum atomic E-state index is -1.58. The molecule has 1 aromatic carbocycles. The number of methoxy groups -OCH3 is 1. The highest BCUT2D eigenvalue weighted by Gasteiger charge is 2.37. The summed E-state index contributed by atoms with van der Waals surface area (Å²) < 4.78 is 9.61. The fourth-order valence-electron chi connectivity index (χ4n) is 2.92. The number of ether oxygens (including phenoxy) is 2. The molecule has 0 heterocycles. The molecule has 0 aliphatic rings. The van der Waals surface area contributed by atoms with Gasteiger partial charge in [-0.05, 0) is 38.5 Å². The van der Waals surface area contributed by atoms with Crippen LogP contribution in [-0.4, -0.2) is 71.6 Å². The molecule has 1 aromatic rings. The van der Waals surface area contributed by atoms with E-state index in [1.54, 1.807) is 26.8 Å². The second-order valence-electron chi connectivity index (χ2n) is 8.28. The van der Waals surface area contributed by atoms with Crippen molar-refractivity contribution in [1.29, 1.82) is 5.26 Å². The van der Waals surface area contributed by atoms with Gasteiger partial charge in [-0.2, -0.15) is 5.26 Å². The summed E-state index contributed by atoms with van der Waals surface area (Å²) in [4.78, 5) is 62.7. The Morgan fingerprint density at radius 1 is 1.23 bits per heavy atom. The van der Waals surface area contributed by atoms with Gasteiger partial charge in [0.05, 0.1) is 19.6 Å². The summed E-state index contributed by atoms with van der Waals surface area (Å²) in [6.45, 7) is 3.56. The van der Waals surface area contributed by atoms with Crippen molar-refractivity contribution in [2.24, 2.45) is 5.73 Å². The first-order chi connectivity index (χ1) is 16.3. The van der Waals surface area contributed by atoms with Gasteiger partial charge in [-0.3, -0.25) is 19.2 Å². The molecule has 0 aromatic heterocycles. The number of alkyl carbamates (subject to hydrolysis) is 1. The predicted octanol–water partition coefficient (Wildman–Crippen LogP) is -0.157. The van der Waals surface area contributed by atoms with E-state index in [-0.39, 0.29) is 11.3 Å². The molecule has 35 heavy (non-hydrogen) atoms. The van der Waals surface area contributed by atoms with Gasteiger partial charge in [0.2, 0.25) is 17.7 Å². The Labute approximate surface area is 202 Å². The Kier molecular flexibility index (Phi) is 10.5. The average molecular weight is 492 g/mol. The fraction of sp³-hybridized carbons (Fsp3) is 0.455. The van der Waals surface area contributed by atoms with Gasteiger partial charge in [0.25, 0.3) is 0 Å². The molecular weight excluding hydrogens is 462 g/mol. The number of carbonyl (C=O) groups excluding carboxylic acids is 5. The zero-order chi connectivity index (χ0) is 26.8. The van der Waals surface area contributed by atoms with Crippen LogP contribution in [0.2, 0.25) is 0 Å². The van der Waals surface area contributed by atoms with Crippen LogP contribution in [-0.2, 0) is 28.7 Å². The lowest BCUT2D eigenvalue weighted by Gasteiger charge is -2.32. The van der Waals surface area contributed by atoms with Crippen LogP contribution in [0, 0.1) is 11.3 Å². The van der Waals surface area contributed by atoms with Gasteiger partial charge >= 0.3 is 12.1 Å². The smallest absolute Gasteiger partial charge is 0.408 e. The van der Waals surface area contributed by atoms with Crippen molar-refractivity contribution in [3.8, 4) is 11.8 Å². The molecule has 0 spiro atoms. The Morgan fingerprint density at radius 3 is 2.40 bits per heavy atom. The molecule has 1 rings (SSSR count). The molecule has 0 saturated carbocycles. The Morgan fingerprint density at radius 2 is 1.89 bits per heavy atom. The standard InChI is InChI=1S/C22H29N5O8/c1-22(2,3)35-21(33)26-15(11-16(24)29)20(32)27(9-8-23)18(13-6-5-7-14(28)10-13)19(31)25-12-17(30)34-4/h5-7,10,15,18,28H,9,11-12H2,1-4H3,(H2,24,29)(H,25,31)(H,26,33). The Balaban J connectivity index is 3.43.